The number of thiophene rings is 1. The number of aryl methyl sites for hydroxylation is 1. The smallest absolute Gasteiger partial charge is 0.0701 e. The van der Waals surface area contributed by atoms with Gasteiger partial charge in [0.05, 0.1) is 3.79 Å². The van der Waals surface area contributed by atoms with Crippen molar-refractivity contribution in [3.05, 3.63) is 20.8 Å². The van der Waals surface area contributed by atoms with Crippen LogP contribution in [0.15, 0.2) is 15.9 Å². The first-order valence-corrected chi connectivity index (χ1v) is 6.82. The fourth-order valence-electron chi connectivity index (χ4n) is 1.90. The van der Waals surface area contributed by atoms with Gasteiger partial charge < -0.3 is 5.32 Å². The van der Waals surface area contributed by atoms with Gasteiger partial charge in [0, 0.05) is 10.9 Å². The Balaban J connectivity index is 1.80. The van der Waals surface area contributed by atoms with Gasteiger partial charge in [0.2, 0.25) is 0 Å². The summed E-state index contributed by atoms with van der Waals surface area (Å²) in [5.74, 6) is 0.961. The van der Waals surface area contributed by atoms with Crippen molar-refractivity contribution in [3.63, 3.8) is 0 Å². The van der Waals surface area contributed by atoms with E-state index in [9.17, 15) is 0 Å². The third-order valence-corrected chi connectivity index (χ3v) is 4.58. The zero-order valence-corrected chi connectivity index (χ0v) is 10.8. The van der Waals surface area contributed by atoms with Crippen LogP contribution in [0.2, 0.25) is 0 Å². The molecule has 1 aliphatic rings. The lowest BCUT2D eigenvalue weighted by atomic mass is 10.1. The van der Waals surface area contributed by atoms with E-state index < -0.39 is 0 Å². The Morgan fingerprint density at radius 2 is 2.36 bits per heavy atom. The van der Waals surface area contributed by atoms with Crippen LogP contribution in [-0.2, 0) is 6.42 Å². The molecule has 1 aromatic heterocycles. The van der Waals surface area contributed by atoms with Gasteiger partial charge in [0.25, 0.3) is 0 Å². The lowest BCUT2D eigenvalue weighted by Gasteiger charge is -2.13. The summed E-state index contributed by atoms with van der Waals surface area (Å²) in [7, 11) is 2.09. The molecular weight excluding hydrogens is 258 g/mol. The molecule has 1 atom stereocenters. The summed E-state index contributed by atoms with van der Waals surface area (Å²) in [6, 6.07) is 5.12. The summed E-state index contributed by atoms with van der Waals surface area (Å²) in [5, 5.41) is 3.43. The minimum atomic E-state index is 0.746. The third-order valence-electron chi connectivity index (χ3n) is 2.89. The normalized spacial score (nSPS) is 18.4. The van der Waals surface area contributed by atoms with Crippen molar-refractivity contribution in [2.45, 2.75) is 31.7 Å². The van der Waals surface area contributed by atoms with Crippen molar-refractivity contribution in [2.75, 3.05) is 7.05 Å². The fraction of sp³-hybridized carbons (Fsp3) is 0.636. The molecule has 1 heterocycles. The average Bonchev–Trinajstić information content (AvgIpc) is 2.92. The first-order valence-electron chi connectivity index (χ1n) is 5.21. The Kier molecular flexibility index (Phi) is 3.63. The van der Waals surface area contributed by atoms with Crippen LogP contribution in [0.5, 0.6) is 0 Å². The van der Waals surface area contributed by atoms with Gasteiger partial charge in [-0.15, -0.1) is 11.3 Å². The molecule has 0 saturated heterocycles. The van der Waals surface area contributed by atoms with Crippen LogP contribution < -0.4 is 5.32 Å². The number of hydrogen-bond donors (Lipinski definition) is 1. The first-order chi connectivity index (χ1) is 6.79. The molecule has 1 fully saturated rings. The van der Waals surface area contributed by atoms with Gasteiger partial charge >= 0.3 is 0 Å². The Morgan fingerprint density at radius 3 is 2.86 bits per heavy atom. The molecule has 78 valence electrons. The van der Waals surface area contributed by atoms with Gasteiger partial charge in [-0.2, -0.15) is 0 Å². The van der Waals surface area contributed by atoms with Crippen molar-refractivity contribution in [2.24, 2.45) is 5.92 Å². The lowest BCUT2D eigenvalue weighted by molar-refractivity contribution is 0.472. The van der Waals surface area contributed by atoms with Crippen molar-refractivity contribution in [1.29, 1.82) is 0 Å². The predicted octanol–water partition coefficient (Wildman–Crippen LogP) is 3.44. The van der Waals surface area contributed by atoms with Gasteiger partial charge in [0.15, 0.2) is 0 Å². The van der Waals surface area contributed by atoms with E-state index in [-0.39, 0.29) is 0 Å². The summed E-state index contributed by atoms with van der Waals surface area (Å²) in [5.41, 5.74) is 0. The van der Waals surface area contributed by atoms with E-state index in [1.807, 2.05) is 11.3 Å². The van der Waals surface area contributed by atoms with E-state index in [2.05, 4.69) is 40.4 Å². The van der Waals surface area contributed by atoms with Crippen molar-refractivity contribution >= 4 is 27.3 Å². The molecular formula is C11H16BrNS. The number of rotatable bonds is 5. The quantitative estimate of drug-likeness (QED) is 0.867. The molecule has 0 aliphatic heterocycles. The summed E-state index contributed by atoms with van der Waals surface area (Å²) < 4.78 is 1.25. The minimum absolute atomic E-state index is 0.746. The molecule has 0 aromatic carbocycles. The van der Waals surface area contributed by atoms with Gasteiger partial charge in [-0.25, -0.2) is 0 Å². The predicted molar refractivity (Wildman–Crippen MR) is 65.9 cm³/mol. The third kappa shape index (κ3) is 2.81. The highest BCUT2D eigenvalue weighted by Crippen LogP contribution is 2.34. The largest absolute Gasteiger partial charge is 0.317 e. The van der Waals surface area contributed by atoms with Crippen LogP contribution in [0.25, 0.3) is 0 Å². The molecule has 1 aromatic rings. The van der Waals surface area contributed by atoms with Gasteiger partial charge in [-0.3, -0.25) is 0 Å². The molecule has 3 heteroatoms. The number of nitrogens with one attached hydrogen (secondary N) is 1. The molecule has 1 aliphatic carbocycles. The summed E-state index contributed by atoms with van der Waals surface area (Å²) in [4.78, 5) is 1.50. The van der Waals surface area contributed by atoms with E-state index in [0.29, 0.717) is 0 Å². The Hall–Kier alpha value is 0.140. The standard InChI is InChI=1S/C11H16BrNS/c1-13-10(8-2-3-8)6-4-9-5-7-11(12)14-9/h5,7-8,10,13H,2-4,6H2,1H3. The summed E-state index contributed by atoms with van der Waals surface area (Å²) in [6.07, 6.45) is 5.37. The molecule has 0 amide bonds. The molecule has 1 nitrogen and oxygen atoms in total. The number of hydrogen-bond acceptors (Lipinski definition) is 2. The molecule has 14 heavy (non-hydrogen) atoms. The minimum Gasteiger partial charge on any atom is -0.317 e. The van der Waals surface area contributed by atoms with E-state index >= 15 is 0 Å². The van der Waals surface area contributed by atoms with Crippen LogP contribution >= 0.6 is 27.3 Å². The zero-order chi connectivity index (χ0) is 9.97. The number of halogens is 1. The molecule has 0 bridgehead atoms. The topological polar surface area (TPSA) is 12.0 Å². The van der Waals surface area contributed by atoms with Crippen LogP contribution in [0, 0.1) is 5.92 Å². The molecule has 1 N–H and O–H groups in total. The SMILES string of the molecule is CNC(CCc1ccc(Br)s1)C1CC1. The Bertz CT molecular complexity index is 293. The second kappa shape index (κ2) is 4.77. The lowest BCUT2D eigenvalue weighted by Crippen LogP contribution is -2.27. The highest BCUT2D eigenvalue weighted by molar-refractivity contribution is 9.11. The highest BCUT2D eigenvalue weighted by Gasteiger charge is 2.29. The van der Waals surface area contributed by atoms with Crippen molar-refractivity contribution < 1.29 is 0 Å². The van der Waals surface area contributed by atoms with Gasteiger partial charge in [-0.1, -0.05) is 0 Å². The maximum atomic E-state index is 3.50. The maximum Gasteiger partial charge on any atom is 0.0701 e. The van der Waals surface area contributed by atoms with Crippen LogP contribution in [0.3, 0.4) is 0 Å². The second-order valence-electron chi connectivity index (χ2n) is 3.98. The first kappa shape index (κ1) is 10.7. The van der Waals surface area contributed by atoms with Crippen molar-refractivity contribution in [3.8, 4) is 0 Å². The van der Waals surface area contributed by atoms with E-state index in [0.717, 1.165) is 12.0 Å². The maximum absolute atomic E-state index is 3.50. The molecule has 1 unspecified atom stereocenters. The molecule has 0 radical (unpaired) electrons. The van der Waals surface area contributed by atoms with Gasteiger partial charge in [-0.05, 0) is 66.7 Å². The van der Waals surface area contributed by atoms with Crippen LogP contribution in [-0.4, -0.2) is 13.1 Å². The molecule has 0 spiro atoms. The zero-order valence-electron chi connectivity index (χ0n) is 8.42. The summed E-state index contributed by atoms with van der Waals surface area (Å²) >= 11 is 5.36. The van der Waals surface area contributed by atoms with Crippen LogP contribution in [0.1, 0.15) is 24.1 Å². The average molecular weight is 274 g/mol. The fourth-order valence-corrected chi connectivity index (χ4v) is 3.40. The Labute approximate surface area is 98.0 Å². The molecule has 1 saturated carbocycles. The van der Waals surface area contributed by atoms with E-state index in [1.165, 1.54) is 34.3 Å². The second-order valence-corrected chi connectivity index (χ2v) is 6.52. The van der Waals surface area contributed by atoms with E-state index in [4.69, 9.17) is 0 Å². The molecule has 2 rings (SSSR count). The Morgan fingerprint density at radius 1 is 1.57 bits per heavy atom. The monoisotopic (exact) mass is 273 g/mol. The van der Waals surface area contributed by atoms with Crippen molar-refractivity contribution in [1.82, 2.24) is 5.32 Å². The van der Waals surface area contributed by atoms with E-state index in [1.54, 1.807) is 0 Å². The summed E-state index contributed by atoms with van der Waals surface area (Å²) in [6.45, 7) is 0. The van der Waals surface area contributed by atoms with Crippen LogP contribution in [0.4, 0.5) is 0 Å². The van der Waals surface area contributed by atoms with Gasteiger partial charge in [0.1, 0.15) is 0 Å². The highest BCUT2D eigenvalue weighted by atomic mass is 79.9.